The standard InChI is InChI=1S/C75H47N5/c1-3-19-48(20-4-1)72-70(62-31-15-16-32-67(62)76-72)47-35-37-49(38-36-47)71-66-46-54(63-43-52-23-7-9-25-56(52)58-27-11-13-29-60(58)63)45-65(64-44-53-24-8-10-26-57(53)59-28-12-14-30-61(59)64)73(66)79-74(78-71)50-39-41-55(42-40-50)80-69-34-18-17-33-68(69)77-75(80)51-21-5-2-6-22-51/h1-46,70H. The molecule has 0 spiro atoms. The van der Waals surface area contributed by atoms with E-state index in [-0.39, 0.29) is 5.92 Å². The fourth-order valence-corrected chi connectivity index (χ4v) is 12.5. The molecule has 1 atom stereocenters. The molecule has 1 aliphatic heterocycles. The molecule has 5 heteroatoms. The number of nitrogens with zero attached hydrogens (tertiary/aromatic N) is 5. The fraction of sp³-hybridized carbons (Fsp3) is 0.0133. The van der Waals surface area contributed by atoms with Gasteiger partial charge in [0, 0.05) is 33.3 Å². The van der Waals surface area contributed by atoms with Crippen molar-refractivity contribution in [3.8, 4) is 62.0 Å². The maximum atomic E-state index is 5.75. The normalized spacial score (nSPS) is 13.2. The third kappa shape index (κ3) is 7.47. The van der Waals surface area contributed by atoms with Gasteiger partial charge in [0.15, 0.2) is 5.82 Å². The van der Waals surface area contributed by atoms with Gasteiger partial charge in [-0.05, 0) is 143 Å². The van der Waals surface area contributed by atoms with Gasteiger partial charge < -0.3 is 0 Å². The van der Waals surface area contributed by atoms with E-state index in [4.69, 9.17) is 19.9 Å². The van der Waals surface area contributed by atoms with Crippen LogP contribution in [-0.4, -0.2) is 25.2 Å². The predicted molar refractivity (Wildman–Crippen MR) is 332 cm³/mol. The van der Waals surface area contributed by atoms with E-state index in [0.29, 0.717) is 5.82 Å². The van der Waals surface area contributed by atoms with Gasteiger partial charge in [0.1, 0.15) is 5.82 Å². The van der Waals surface area contributed by atoms with Crippen LogP contribution in [-0.2, 0) is 0 Å². The number of aliphatic imine (C=N–C) groups is 1. The van der Waals surface area contributed by atoms with Crippen molar-refractivity contribution < 1.29 is 0 Å². The van der Waals surface area contributed by atoms with Crippen molar-refractivity contribution in [2.24, 2.45) is 4.99 Å². The van der Waals surface area contributed by atoms with Crippen molar-refractivity contribution in [1.29, 1.82) is 0 Å². The van der Waals surface area contributed by atoms with Crippen molar-refractivity contribution >= 4 is 76.4 Å². The third-order valence-electron chi connectivity index (χ3n) is 16.3. The molecule has 372 valence electrons. The van der Waals surface area contributed by atoms with Gasteiger partial charge >= 0.3 is 0 Å². The van der Waals surface area contributed by atoms with E-state index in [1.54, 1.807) is 0 Å². The van der Waals surface area contributed by atoms with Crippen molar-refractivity contribution in [2.45, 2.75) is 5.92 Å². The summed E-state index contributed by atoms with van der Waals surface area (Å²) in [6, 6.07) is 100. The molecule has 1 unspecified atom stereocenters. The molecule has 0 N–H and O–H groups in total. The lowest BCUT2D eigenvalue weighted by Crippen LogP contribution is -2.11. The minimum atomic E-state index is -0.0329. The summed E-state index contributed by atoms with van der Waals surface area (Å²) < 4.78 is 2.25. The van der Waals surface area contributed by atoms with E-state index in [2.05, 4.69) is 271 Å². The van der Waals surface area contributed by atoms with Crippen LogP contribution < -0.4 is 0 Å². The quantitative estimate of drug-likeness (QED) is 0.143. The molecule has 2 aromatic heterocycles. The smallest absolute Gasteiger partial charge is 0.160 e. The Bertz CT molecular complexity index is 4980. The van der Waals surface area contributed by atoms with E-state index in [1.165, 1.54) is 48.8 Å². The first-order valence-corrected chi connectivity index (χ1v) is 27.3. The molecular weight excluding hydrogens is 971 g/mol. The van der Waals surface area contributed by atoms with Crippen molar-refractivity contribution in [3.05, 3.63) is 296 Å². The second-order valence-corrected chi connectivity index (χ2v) is 20.8. The zero-order valence-corrected chi connectivity index (χ0v) is 43.4. The lowest BCUT2D eigenvalue weighted by Gasteiger charge is -2.19. The molecule has 0 bridgehead atoms. The summed E-state index contributed by atoms with van der Waals surface area (Å²) in [6.45, 7) is 0. The first-order chi connectivity index (χ1) is 39.7. The van der Waals surface area contributed by atoms with Gasteiger partial charge in [-0.15, -0.1) is 0 Å². The number of fused-ring (bicyclic) bond motifs is 9. The molecule has 0 saturated carbocycles. The molecule has 0 fully saturated rings. The van der Waals surface area contributed by atoms with Gasteiger partial charge in [-0.1, -0.05) is 212 Å². The van der Waals surface area contributed by atoms with Crippen LogP contribution in [0.25, 0.3) is 127 Å². The zero-order chi connectivity index (χ0) is 52.7. The van der Waals surface area contributed by atoms with Crippen LogP contribution >= 0.6 is 0 Å². The van der Waals surface area contributed by atoms with E-state index >= 15 is 0 Å². The molecule has 0 aliphatic carbocycles. The highest BCUT2D eigenvalue weighted by Crippen LogP contribution is 2.46. The molecule has 0 saturated heterocycles. The fourth-order valence-electron chi connectivity index (χ4n) is 12.5. The Kier molecular flexibility index (Phi) is 10.6. The molecule has 16 rings (SSSR count). The van der Waals surface area contributed by atoms with Crippen LogP contribution in [0.15, 0.2) is 284 Å². The topological polar surface area (TPSA) is 56.0 Å². The maximum absolute atomic E-state index is 5.75. The molecule has 80 heavy (non-hydrogen) atoms. The van der Waals surface area contributed by atoms with E-state index < -0.39 is 0 Å². The van der Waals surface area contributed by atoms with Gasteiger partial charge in [-0.3, -0.25) is 9.56 Å². The zero-order valence-electron chi connectivity index (χ0n) is 43.4. The highest BCUT2D eigenvalue weighted by molar-refractivity contribution is 6.19. The number of para-hydroxylation sites is 3. The summed E-state index contributed by atoms with van der Waals surface area (Å²) >= 11 is 0. The van der Waals surface area contributed by atoms with Gasteiger partial charge in [-0.2, -0.15) is 0 Å². The molecule has 0 amide bonds. The van der Waals surface area contributed by atoms with Crippen LogP contribution in [0.5, 0.6) is 0 Å². The second kappa shape index (κ2) is 18.5. The summed E-state index contributed by atoms with van der Waals surface area (Å²) in [6.07, 6.45) is 0. The third-order valence-corrected chi connectivity index (χ3v) is 16.3. The average Bonchev–Trinajstić information content (AvgIpc) is 4.19. The highest BCUT2D eigenvalue weighted by atomic mass is 15.1. The number of hydrogen-bond acceptors (Lipinski definition) is 4. The number of imidazole rings is 1. The van der Waals surface area contributed by atoms with E-state index in [0.717, 1.165) is 100 Å². The minimum Gasteiger partial charge on any atom is -0.292 e. The molecule has 0 radical (unpaired) electrons. The number of rotatable bonds is 8. The van der Waals surface area contributed by atoms with Crippen molar-refractivity contribution in [3.63, 3.8) is 0 Å². The molecule has 5 nitrogen and oxygen atoms in total. The Labute approximate surface area is 462 Å². The molecule has 13 aromatic carbocycles. The average molecular weight is 1020 g/mol. The van der Waals surface area contributed by atoms with E-state index in [9.17, 15) is 0 Å². The van der Waals surface area contributed by atoms with Crippen LogP contribution in [0, 0.1) is 0 Å². The first kappa shape index (κ1) is 45.6. The molecule has 1 aliphatic rings. The van der Waals surface area contributed by atoms with Gasteiger partial charge in [0.05, 0.1) is 39.6 Å². The predicted octanol–water partition coefficient (Wildman–Crippen LogP) is 19.2. The summed E-state index contributed by atoms with van der Waals surface area (Å²) in [5, 5.41) is 10.6. The Morgan fingerprint density at radius 2 is 0.900 bits per heavy atom. The van der Waals surface area contributed by atoms with Crippen molar-refractivity contribution in [2.75, 3.05) is 0 Å². The number of benzene rings is 13. The maximum Gasteiger partial charge on any atom is 0.160 e. The van der Waals surface area contributed by atoms with Gasteiger partial charge in [0.25, 0.3) is 0 Å². The lowest BCUT2D eigenvalue weighted by atomic mass is 9.85. The van der Waals surface area contributed by atoms with Crippen LogP contribution in [0.2, 0.25) is 0 Å². The lowest BCUT2D eigenvalue weighted by molar-refractivity contribution is 1.10. The van der Waals surface area contributed by atoms with E-state index in [1.807, 2.05) is 12.1 Å². The number of hydrogen-bond donors (Lipinski definition) is 0. The Morgan fingerprint density at radius 1 is 0.338 bits per heavy atom. The summed E-state index contributed by atoms with van der Waals surface area (Å²) in [7, 11) is 0. The van der Waals surface area contributed by atoms with Crippen LogP contribution in [0.3, 0.4) is 0 Å². The largest absolute Gasteiger partial charge is 0.292 e. The van der Waals surface area contributed by atoms with Gasteiger partial charge in [0.2, 0.25) is 0 Å². The monoisotopic (exact) mass is 1020 g/mol. The van der Waals surface area contributed by atoms with Crippen LogP contribution in [0.1, 0.15) is 22.6 Å². The van der Waals surface area contributed by atoms with Crippen LogP contribution in [0.4, 0.5) is 5.69 Å². The molecule has 15 aromatic rings. The SMILES string of the molecule is c1ccc(C2=Nc3ccccc3C2c2ccc(-c3nc(-c4ccc(-n5c(-c6ccccc6)nc6ccccc65)cc4)nc4c(-c5cc6ccccc6c6ccccc56)cc(-c5cc6ccccc6c6ccccc56)cc34)cc2)cc1. The first-order valence-electron chi connectivity index (χ1n) is 27.3. The summed E-state index contributed by atoms with van der Waals surface area (Å²) in [5.74, 6) is 1.49. The Hall–Kier alpha value is -10.6. The Morgan fingerprint density at radius 3 is 1.61 bits per heavy atom. The Balaban J connectivity index is 0.956. The summed E-state index contributed by atoms with van der Waals surface area (Å²) in [4.78, 5) is 21.9. The number of aromatic nitrogens is 4. The minimum absolute atomic E-state index is 0.0329. The van der Waals surface area contributed by atoms with Gasteiger partial charge in [-0.25, -0.2) is 15.0 Å². The highest BCUT2D eigenvalue weighted by Gasteiger charge is 2.30. The van der Waals surface area contributed by atoms with Crippen molar-refractivity contribution in [1.82, 2.24) is 19.5 Å². The molecular formula is C75H47N5. The summed E-state index contributed by atoms with van der Waals surface area (Å²) in [5.41, 5.74) is 17.6. The second-order valence-electron chi connectivity index (χ2n) is 20.8. The molecule has 3 heterocycles.